The Balaban J connectivity index is 1.94. The topological polar surface area (TPSA) is 17.1 Å². The molecule has 2 aromatic rings. The van der Waals surface area contributed by atoms with E-state index >= 15 is 0 Å². The van der Waals surface area contributed by atoms with E-state index in [2.05, 4.69) is 13.8 Å². The van der Waals surface area contributed by atoms with Crippen LogP contribution in [-0.2, 0) is 6.42 Å². The SMILES string of the molecule is CC(C)Cc1ccc(C(=O)/C=C/C=C/c2ccccc2)cc1. The summed E-state index contributed by atoms with van der Waals surface area (Å²) < 4.78 is 0. The van der Waals surface area contributed by atoms with E-state index in [1.54, 1.807) is 12.2 Å². The molecule has 0 aliphatic heterocycles. The van der Waals surface area contributed by atoms with E-state index in [1.807, 2.05) is 66.7 Å². The molecule has 2 aromatic carbocycles. The van der Waals surface area contributed by atoms with Crippen LogP contribution in [0.2, 0.25) is 0 Å². The first-order valence-electron chi connectivity index (χ1n) is 7.68. The smallest absolute Gasteiger partial charge is 0.185 e. The third-order valence-electron chi connectivity index (χ3n) is 3.33. The minimum Gasteiger partial charge on any atom is -0.289 e. The Morgan fingerprint density at radius 2 is 1.64 bits per heavy atom. The van der Waals surface area contributed by atoms with Crippen LogP contribution in [0.4, 0.5) is 0 Å². The highest BCUT2D eigenvalue weighted by molar-refractivity contribution is 6.04. The molecule has 0 bridgehead atoms. The fourth-order valence-corrected chi connectivity index (χ4v) is 2.25. The van der Waals surface area contributed by atoms with E-state index in [1.165, 1.54) is 5.56 Å². The molecule has 1 heteroatoms. The van der Waals surface area contributed by atoms with Crippen molar-refractivity contribution in [3.8, 4) is 0 Å². The van der Waals surface area contributed by atoms with Crippen LogP contribution in [0, 0.1) is 5.92 Å². The molecule has 112 valence electrons. The highest BCUT2D eigenvalue weighted by Crippen LogP contribution is 2.10. The van der Waals surface area contributed by atoms with E-state index in [4.69, 9.17) is 0 Å². The van der Waals surface area contributed by atoms with Crippen LogP contribution in [0.3, 0.4) is 0 Å². The number of hydrogen-bond donors (Lipinski definition) is 0. The molecule has 0 radical (unpaired) electrons. The van der Waals surface area contributed by atoms with Gasteiger partial charge in [0.25, 0.3) is 0 Å². The predicted molar refractivity (Wildman–Crippen MR) is 93.9 cm³/mol. The van der Waals surface area contributed by atoms with Gasteiger partial charge in [-0.1, -0.05) is 86.7 Å². The highest BCUT2D eigenvalue weighted by atomic mass is 16.1. The standard InChI is InChI=1S/C21H22O/c1-17(2)16-19-12-14-20(15-13-19)21(22)11-7-6-10-18-8-4-3-5-9-18/h3-15,17H,16H2,1-2H3/b10-6+,11-7+. The Labute approximate surface area is 133 Å². The zero-order chi connectivity index (χ0) is 15.8. The molecule has 2 rings (SSSR count). The van der Waals surface area contributed by atoms with Crippen molar-refractivity contribution in [3.63, 3.8) is 0 Å². The second-order valence-electron chi connectivity index (χ2n) is 5.79. The maximum atomic E-state index is 12.1. The fraction of sp³-hybridized carbons (Fsp3) is 0.190. The van der Waals surface area contributed by atoms with Gasteiger partial charge in [0.05, 0.1) is 0 Å². The molecule has 1 nitrogen and oxygen atoms in total. The average Bonchev–Trinajstić information content (AvgIpc) is 2.52. The van der Waals surface area contributed by atoms with Crippen LogP contribution in [0.1, 0.15) is 35.3 Å². The second-order valence-corrected chi connectivity index (χ2v) is 5.79. The van der Waals surface area contributed by atoms with Crippen molar-refractivity contribution in [2.24, 2.45) is 5.92 Å². The molecular formula is C21H22O. The molecule has 0 saturated heterocycles. The molecule has 0 aliphatic carbocycles. The van der Waals surface area contributed by atoms with Gasteiger partial charge in [0, 0.05) is 5.56 Å². The number of ketones is 1. The van der Waals surface area contributed by atoms with E-state index < -0.39 is 0 Å². The Hall–Kier alpha value is -2.41. The number of hydrogen-bond acceptors (Lipinski definition) is 1. The van der Waals surface area contributed by atoms with Crippen LogP contribution in [0.25, 0.3) is 6.08 Å². The van der Waals surface area contributed by atoms with E-state index in [9.17, 15) is 4.79 Å². The number of rotatable bonds is 6. The third-order valence-corrected chi connectivity index (χ3v) is 3.33. The zero-order valence-corrected chi connectivity index (χ0v) is 13.2. The Kier molecular flexibility index (Phi) is 5.91. The summed E-state index contributed by atoms with van der Waals surface area (Å²) in [7, 11) is 0. The molecule has 0 fully saturated rings. The third kappa shape index (κ3) is 5.17. The molecule has 22 heavy (non-hydrogen) atoms. The van der Waals surface area contributed by atoms with Crippen molar-refractivity contribution in [1.82, 2.24) is 0 Å². The van der Waals surface area contributed by atoms with Gasteiger partial charge in [-0.3, -0.25) is 4.79 Å². The molecule has 0 heterocycles. The zero-order valence-electron chi connectivity index (χ0n) is 13.2. The normalized spacial score (nSPS) is 11.6. The Morgan fingerprint density at radius 1 is 0.955 bits per heavy atom. The monoisotopic (exact) mass is 290 g/mol. The summed E-state index contributed by atoms with van der Waals surface area (Å²) in [5.74, 6) is 0.665. The molecule has 0 N–H and O–H groups in total. The van der Waals surface area contributed by atoms with Gasteiger partial charge < -0.3 is 0 Å². The van der Waals surface area contributed by atoms with Gasteiger partial charge in [0.15, 0.2) is 5.78 Å². The number of carbonyl (C=O) groups is 1. The minimum absolute atomic E-state index is 0.0359. The lowest BCUT2D eigenvalue weighted by molar-refractivity contribution is 0.104. The molecule has 0 spiro atoms. The van der Waals surface area contributed by atoms with E-state index in [-0.39, 0.29) is 5.78 Å². The van der Waals surface area contributed by atoms with Gasteiger partial charge in [-0.05, 0) is 29.5 Å². The Bertz CT molecular complexity index is 646. The molecule has 0 aliphatic rings. The molecule has 0 amide bonds. The van der Waals surface area contributed by atoms with Crippen molar-refractivity contribution in [3.05, 3.63) is 89.5 Å². The number of benzene rings is 2. The summed E-state index contributed by atoms with van der Waals surface area (Å²) >= 11 is 0. The molecule has 0 atom stereocenters. The first-order valence-corrected chi connectivity index (χ1v) is 7.68. The summed E-state index contributed by atoms with van der Waals surface area (Å²) in [6, 6.07) is 17.9. The van der Waals surface area contributed by atoms with Gasteiger partial charge in [0.1, 0.15) is 0 Å². The van der Waals surface area contributed by atoms with Gasteiger partial charge in [-0.25, -0.2) is 0 Å². The van der Waals surface area contributed by atoms with Crippen LogP contribution < -0.4 is 0 Å². The first kappa shape index (κ1) is 16.0. The summed E-state index contributed by atoms with van der Waals surface area (Å²) in [6.07, 6.45) is 8.31. The lowest BCUT2D eigenvalue weighted by Crippen LogP contribution is -1.97. The molecule has 0 aromatic heterocycles. The van der Waals surface area contributed by atoms with Crippen LogP contribution >= 0.6 is 0 Å². The molecular weight excluding hydrogens is 268 g/mol. The summed E-state index contributed by atoms with van der Waals surface area (Å²) in [5, 5.41) is 0. The lowest BCUT2D eigenvalue weighted by Gasteiger charge is -2.05. The fourth-order valence-electron chi connectivity index (χ4n) is 2.25. The van der Waals surface area contributed by atoms with Gasteiger partial charge in [0.2, 0.25) is 0 Å². The van der Waals surface area contributed by atoms with Crippen molar-refractivity contribution in [2.75, 3.05) is 0 Å². The predicted octanol–water partition coefficient (Wildman–Crippen LogP) is 5.34. The average molecular weight is 290 g/mol. The van der Waals surface area contributed by atoms with Crippen molar-refractivity contribution < 1.29 is 4.79 Å². The maximum Gasteiger partial charge on any atom is 0.185 e. The lowest BCUT2D eigenvalue weighted by atomic mass is 10.0. The highest BCUT2D eigenvalue weighted by Gasteiger charge is 2.02. The van der Waals surface area contributed by atoms with Crippen LogP contribution in [0.5, 0.6) is 0 Å². The van der Waals surface area contributed by atoms with Gasteiger partial charge >= 0.3 is 0 Å². The number of carbonyl (C=O) groups excluding carboxylic acids is 1. The minimum atomic E-state index is 0.0359. The number of allylic oxidation sites excluding steroid dienone is 3. The van der Waals surface area contributed by atoms with E-state index in [0.717, 1.165) is 17.5 Å². The largest absolute Gasteiger partial charge is 0.289 e. The molecule has 0 saturated carbocycles. The van der Waals surface area contributed by atoms with Crippen LogP contribution in [-0.4, -0.2) is 5.78 Å². The quantitative estimate of drug-likeness (QED) is 0.399. The van der Waals surface area contributed by atoms with E-state index in [0.29, 0.717) is 5.92 Å². The second kappa shape index (κ2) is 8.14. The summed E-state index contributed by atoms with van der Waals surface area (Å²) in [5.41, 5.74) is 3.13. The van der Waals surface area contributed by atoms with Gasteiger partial charge in [-0.15, -0.1) is 0 Å². The Morgan fingerprint density at radius 3 is 2.27 bits per heavy atom. The summed E-state index contributed by atoms with van der Waals surface area (Å²) in [4.78, 5) is 12.1. The van der Waals surface area contributed by atoms with Gasteiger partial charge in [-0.2, -0.15) is 0 Å². The summed E-state index contributed by atoms with van der Waals surface area (Å²) in [6.45, 7) is 4.39. The first-order chi connectivity index (χ1) is 10.6. The van der Waals surface area contributed by atoms with Crippen molar-refractivity contribution >= 4 is 11.9 Å². The van der Waals surface area contributed by atoms with Crippen molar-refractivity contribution in [2.45, 2.75) is 20.3 Å². The van der Waals surface area contributed by atoms with Crippen LogP contribution in [0.15, 0.2) is 72.8 Å². The molecule has 0 unspecified atom stereocenters. The maximum absolute atomic E-state index is 12.1. The van der Waals surface area contributed by atoms with Crippen molar-refractivity contribution in [1.29, 1.82) is 0 Å².